The fourth-order valence-corrected chi connectivity index (χ4v) is 3.62. The number of hydrogen-bond donors (Lipinski definition) is 1. The quantitative estimate of drug-likeness (QED) is 0.786. The van der Waals surface area contributed by atoms with Gasteiger partial charge in [0, 0.05) is 11.0 Å². The first-order valence-corrected chi connectivity index (χ1v) is 6.58. The highest BCUT2D eigenvalue weighted by Crippen LogP contribution is 2.41. The van der Waals surface area contributed by atoms with Crippen LogP contribution < -0.4 is 0 Å². The monoisotopic (exact) mass is 222 g/mol. The fraction of sp³-hybridized carbons (Fsp3) is 0.538. The van der Waals surface area contributed by atoms with E-state index in [9.17, 15) is 5.11 Å². The van der Waals surface area contributed by atoms with E-state index < -0.39 is 0 Å². The highest BCUT2D eigenvalue weighted by Gasteiger charge is 2.29. The third-order valence-electron chi connectivity index (χ3n) is 3.30. The van der Waals surface area contributed by atoms with Crippen molar-refractivity contribution < 1.29 is 5.11 Å². The third kappa shape index (κ3) is 1.81. The summed E-state index contributed by atoms with van der Waals surface area (Å²) in [5.74, 6) is 1.05. The van der Waals surface area contributed by atoms with Crippen molar-refractivity contribution in [1.82, 2.24) is 0 Å². The molecule has 2 heteroatoms. The second-order valence-corrected chi connectivity index (χ2v) is 5.52. The number of rotatable bonds is 1. The summed E-state index contributed by atoms with van der Waals surface area (Å²) in [6.45, 7) is 6.39. The van der Waals surface area contributed by atoms with Gasteiger partial charge in [0.2, 0.25) is 0 Å². The summed E-state index contributed by atoms with van der Waals surface area (Å²) in [6.07, 6.45) is 0.766. The lowest BCUT2D eigenvalue weighted by Gasteiger charge is -2.31. The smallest absolute Gasteiger partial charge is 0.0914 e. The molecule has 0 saturated heterocycles. The van der Waals surface area contributed by atoms with Gasteiger partial charge in [-0.1, -0.05) is 19.1 Å². The van der Waals surface area contributed by atoms with Crippen LogP contribution in [0.2, 0.25) is 0 Å². The molecular weight excluding hydrogens is 204 g/mol. The minimum Gasteiger partial charge on any atom is -0.387 e. The summed E-state index contributed by atoms with van der Waals surface area (Å²) in [5, 5.41) is 10.7. The Balaban J connectivity index is 2.50. The Morgan fingerprint density at radius 2 is 2.00 bits per heavy atom. The van der Waals surface area contributed by atoms with Gasteiger partial charge in [-0.3, -0.25) is 0 Å². The summed E-state index contributed by atoms with van der Waals surface area (Å²) in [4.78, 5) is 0. The first kappa shape index (κ1) is 11.0. The lowest BCUT2D eigenvalue weighted by atomic mass is 9.91. The molecule has 0 fully saturated rings. The maximum Gasteiger partial charge on any atom is 0.0914 e. The summed E-state index contributed by atoms with van der Waals surface area (Å²) in [6, 6.07) is 4.29. The van der Waals surface area contributed by atoms with Crippen LogP contribution in [0.1, 0.15) is 41.7 Å². The Bertz CT molecular complexity index is 373. The number of thioether (sulfide) groups is 1. The van der Waals surface area contributed by atoms with Gasteiger partial charge in [-0.15, -0.1) is 0 Å². The van der Waals surface area contributed by atoms with Crippen LogP contribution in [0.15, 0.2) is 12.1 Å². The number of benzene rings is 1. The van der Waals surface area contributed by atoms with Crippen molar-refractivity contribution in [1.29, 1.82) is 0 Å². The van der Waals surface area contributed by atoms with E-state index in [0.717, 1.165) is 12.2 Å². The normalized spacial score (nSPS) is 25.1. The SMILES string of the molecule is CCC1SCc2c(C)ccc(C)c2C1O. The summed E-state index contributed by atoms with van der Waals surface area (Å²) < 4.78 is 0. The molecule has 1 aromatic carbocycles. The number of aliphatic hydroxyl groups excluding tert-OH is 1. The van der Waals surface area contributed by atoms with Gasteiger partial charge in [0.1, 0.15) is 0 Å². The second kappa shape index (κ2) is 4.18. The highest BCUT2D eigenvalue weighted by molar-refractivity contribution is 7.99. The molecule has 0 bridgehead atoms. The maximum atomic E-state index is 10.3. The molecule has 0 aromatic heterocycles. The van der Waals surface area contributed by atoms with E-state index >= 15 is 0 Å². The average Bonchev–Trinajstić information content (AvgIpc) is 2.23. The minimum atomic E-state index is -0.274. The van der Waals surface area contributed by atoms with Crippen LogP contribution in [-0.2, 0) is 5.75 Å². The summed E-state index contributed by atoms with van der Waals surface area (Å²) >= 11 is 1.89. The molecule has 82 valence electrons. The van der Waals surface area contributed by atoms with E-state index in [4.69, 9.17) is 0 Å². The van der Waals surface area contributed by atoms with Crippen molar-refractivity contribution in [2.75, 3.05) is 0 Å². The predicted octanol–water partition coefficient (Wildman–Crippen LogP) is 3.36. The molecule has 15 heavy (non-hydrogen) atoms. The zero-order valence-electron chi connectivity index (χ0n) is 9.58. The van der Waals surface area contributed by atoms with Crippen molar-refractivity contribution in [3.8, 4) is 0 Å². The van der Waals surface area contributed by atoms with Crippen LogP contribution in [0.4, 0.5) is 0 Å². The third-order valence-corrected chi connectivity index (χ3v) is 4.78. The number of hydrogen-bond acceptors (Lipinski definition) is 2. The number of aliphatic hydroxyl groups is 1. The van der Waals surface area contributed by atoms with Gasteiger partial charge in [0.25, 0.3) is 0 Å². The molecule has 0 saturated carbocycles. The first-order chi connectivity index (χ1) is 7.15. The fourth-order valence-electron chi connectivity index (χ4n) is 2.30. The molecule has 1 heterocycles. The molecule has 2 rings (SSSR count). The zero-order chi connectivity index (χ0) is 11.0. The Hall–Kier alpha value is -0.470. The van der Waals surface area contributed by atoms with Crippen LogP contribution in [0.5, 0.6) is 0 Å². The van der Waals surface area contributed by atoms with Crippen molar-refractivity contribution in [3.05, 3.63) is 34.4 Å². The van der Waals surface area contributed by atoms with Gasteiger partial charge in [0.15, 0.2) is 0 Å². The zero-order valence-corrected chi connectivity index (χ0v) is 10.4. The van der Waals surface area contributed by atoms with Crippen molar-refractivity contribution in [2.45, 2.75) is 44.3 Å². The molecular formula is C13H18OS. The van der Waals surface area contributed by atoms with E-state index in [0.29, 0.717) is 5.25 Å². The molecule has 0 spiro atoms. The summed E-state index contributed by atoms with van der Waals surface area (Å²) in [5.41, 5.74) is 5.11. The molecule has 1 N–H and O–H groups in total. The molecule has 0 amide bonds. The molecule has 0 aliphatic carbocycles. The number of fused-ring (bicyclic) bond motifs is 1. The van der Waals surface area contributed by atoms with E-state index in [2.05, 4.69) is 32.9 Å². The largest absolute Gasteiger partial charge is 0.387 e. The molecule has 1 aromatic rings. The van der Waals surface area contributed by atoms with Crippen LogP contribution in [0.25, 0.3) is 0 Å². The number of aryl methyl sites for hydroxylation is 2. The molecule has 1 aliphatic heterocycles. The molecule has 2 atom stereocenters. The second-order valence-electron chi connectivity index (χ2n) is 4.29. The average molecular weight is 222 g/mol. The molecule has 1 aliphatic rings. The summed E-state index contributed by atoms with van der Waals surface area (Å²) in [7, 11) is 0. The maximum absolute atomic E-state index is 10.3. The van der Waals surface area contributed by atoms with Gasteiger partial charge in [-0.05, 0) is 42.5 Å². The van der Waals surface area contributed by atoms with Crippen LogP contribution >= 0.6 is 11.8 Å². The molecule has 0 radical (unpaired) electrons. The first-order valence-electron chi connectivity index (χ1n) is 5.53. The van der Waals surface area contributed by atoms with Crippen LogP contribution in [0, 0.1) is 13.8 Å². The van der Waals surface area contributed by atoms with E-state index in [1.54, 1.807) is 0 Å². The Kier molecular flexibility index (Phi) is 3.08. The van der Waals surface area contributed by atoms with Gasteiger partial charge >= 0.3 is 0 Å². The lowest BCUT2D eigenvalue weighted by molar-refractivity contribution is 0.169. The van der Waals surface area contributed by atoms with E-state index in [1.165, 1.54) is 22.3 Å². The molecule has 2 unspecified atom stereocenters. The van der Waals surface area contributed by atoms with Crippen LogP contribution in [0.3, 0.4) is 0 Å². The van der Waals surface area contributed by atoms with Crippen molar-refractivity contribution in [2.24, 2.45) is 0 Å². The molecule has 1 nitrogen and oxygen atoms in total. The topological polar surface area (TPSA) is 20.2 Å². The minimum absolute atomic E-state index is 0.274. The van der Waals surface area contributed by atoms with Gasteiger partial charge in [-0.2, -0.15) is 11.8 Å². The van der Waals surface area contributed by atoms with Crippen LogP contribution in [-0.4, -0.2) is 10.4 Å². The van der Waals surface area contributed by atoms with Gasteiger partial charge in [-0.25, -0.2) is 0 Å². The standard InChI is InChI=1S/C13H18OS/c1-4-11-13(14)12-9(3)6-5-8(2)10(12)7-15-11/h5-6,11,13-14H,4,7H2,1-3H3. The van der Waals surface area contributed by atoms with Crippen molar-refractivity contribution in [3.63, 3.8) is 0 Å². The van der Waals surface area contributed by atoms with Crippen molar-refractivity contribution >= 4 is 11.8 Å². The lowest BCUT2D eigenvalue weighted by Crippen LogP contribution is -2.22. The van der Waals surface area contributed by atoms with Gasteiger partial charge in [0.05, 0.1) is 6.10 Å². The van der Waals surface area contributed by atoms with E-state index in [-0.39, 0.29) is 6.10 Å². The van der Waals surface area contributed by atoms with Gasteiger partial charge < -0.3 is 5.11 Å². The predicted molar refractivity (Wildman–Crippen MR) is 66.2 cm³/mol. The highest BCUT2D eigenvalue weighted by atomic mass is 32.2. The van der Waals surface area contributed by atoms with E-state index in [1.807, 2.05) is 11.8 Å². The Morgan fingerprint density at radius 1 is 1.33 bits per heavy atom. The Labute approximate surface area is 95.9 Å². The Morgan fingerprint density at radius 3 is 2.67 bits per heavy atom.